The fourth-order valence-electron chi connectivity index (χ4n) is 4.42. The quantitative estimate of drug-likeness (QED) is 0.381. The lowest BCUT2D eigenvalue weighted by atomic mass is 9.95. The largest absolute Gasteiger partial charge is 0.493 e. The Morgan fingerprint density at radius 3 is 2.71 bits per heavy atom. The van der Waals surface area contributed by atoms with Gasteiger partial charge in [0.05, 0.1) is 42.2 Å². The van der Waals surface area contributed by atoms with Crippen molar-refractivity contribution in [2.45, 2.75) is 26.8 Å². The minimum Gasteiger partial charge on any atom is -0.493 e. The van der Waals surface area contributed by atoms with Crippen LogP contribution in [-0.4, -0.2) is 37.7 Å². The molecule has 38 heavy (non-hydrogen) atoms. The molecule has 0 fully saturated rings. The first-order valence-electron chi connectivity index (χ1n) is 12.0. The van der Waals surface area contributed by atoms with Gasteiger partial charge in [-0.1, -0.05) is 33.3 Å². The molecule has 0 spiro atoms. The van der Waals surface area contributed by atoms with E-state index in [0.717, 1.165) is 10.0 Å². The maximum atomic E-state index is 13.9. The van der Waals surface area contributed by atoms with Crippen LogP contribution in [0.1, 0.15) is 37.9 Å². The topological polar surface area (TPSA) is 97.6 Å². The minimum atomic E-state index is -0.750. The van der Waals surface area contributed by atoms with Gasteiger partial charge in [0.25, 0.3) is 5.56 Å². The first-order chi connectivity index (χ1) is 18.4. The van der Waals surface area contributed by atoms with E-state index in [0.29, 0.717) is 55.8 Å². The number of thiazole rings is 1. The highest BCUT2D eigenvalue weighted by Crippen LogP contribution is 2.38. The smallest absolute Gasteiger partial charge is 0.338 e. The molecule has 0 aliphatic carbocycles. The van der Waals surface area contributed by atoms with Crippen molar-refractivity contribution in [1.29, 1.82) is 0 Å². The molecular formula is C27H25BrN2O7S. The molecular weight excluding hydrogens is 576 g/mol. The lowest BCUT2D eigenvalue weighted by Gasteiger charge is -2.24. The number of hydrogen-bond acceptors (Lipinski definition) is 9. The molecule has 2 aliphatic heterocycles. The monoisotopic (exact) mass is 600 g/mol. The first-order valence-corrected chi connectivity index (χ1v) is 13.6. The lowest BCUT2D eigenvalue weighted by molar-refractivity contribution is -0.139. The molecule has 2 aromatic carbocycles. The van der Waals surface area contributed by atoms with Crippen molar-refractivity contribution >= 4 is 39.3 Å². The second kappa shape index (κ2) is 10.7. The van der Waals surface area contributed by atoms with Crippen molar-refractivity contribution in [2.24, 2.45) is 4.99 Å². The number of ether oxygens (including phenoxy) is 5. The first kappa shape index (κ1) is 26.1. The van der Waals surface area contributed by atoms with Gasteiger partial charge >= 0.3 is 5.97 Å². The average Bonchev–Trinajstić information content (AvgIpc) is 3.48. The molecule has 3 heterocycles. The predicted octanol–water partition coefficient (Wildman–Crippen LogP) is 3.70. The summed E-state index contributed by atoms with van der Waals surface area (Å²) in [6, 6.07) is 8.24. The van der Waals surface area contributed by atoms with E-state index < -0.39 is 12.0 Å². The number of fused-ring (bicyclic) bond motifs is 2. The van der Waals surface area contributed by atoms with Crippen LogP contribution in [0.5, 0.6) is 23.0 Å². The molecule has 5 rings (SSSR count). The van der Waals surface area contributed by atoms with Gasteiger partial charge in [-0.2, -0.15) is 0 Å². The summed E-state index contributed by atoms with van der Waals surface area (Å²) in [4.78, 5) is 32.1. The lowest BCUT2D eigenvalue weighted by Crippen LogP contribution is -2.39. The molecule has 0 unspecified atom stereocenters. The highest BCUT2D eigenvalue weighted by Gasteiger charge is 2.34. The maximum Gasteiger partial charge on any atom is 0.338 e. The van der Waals surface area contributed by atoms with Gasteiger partial charge in [0.2, 0.25) is 6.79 Å². The third-order valence-electron chi connectivity index (χ3n) is 6.10. The molecule has 1 aromatic heterocycles. The number of halogens is 1. The van der Waals surface area contributed by atoms with Crippen LogP contribution in [-0.2, 0) is 9.53 Å². The summed E-state index contributed by atoms with van der Waals surface area (Å²) in [5.41, 5.74) is 1.92. The summed E-state index contributed by atoms with van der Waals surface area (Å²) >= 11 is 4.82. The van der Waals surface area contributed by atoms with E-state index in [1.165, 1.54) is 15.9 Å². The van der Waals surface area contributed by atoms with Gasteiger partial charge in [0.15, 0.2) is 27.8 Å². The summed E-state index contributed by atoms with van der Waals surface area (Å²) in [5.74, 6) is 1.78. The Morgan fingerprint density at radius 2 is 1.97 bits per heavy atom. The number of rotatable bonds is 7. The Bertz CT molecular complexity index is 1640. The van der Waals surface area contributed by atoms with E-state index in [9.17, 15) is 9.59 Å². The van der Waals surface area contributed by atoms with Crippen molar-refractivity contribution in [1.82, 2.24) is 4.57 Å². The van der Waals surface area contributed by atoms with E-state index in [-0.39, 0.29) is 19.0 Å². The van der Waals surface area contributed by atoms with Crippen molar-refractivity contribution < 1.29 is 28.5 Å². The molecule has 3 aromatic rings. The van der Waals surface area contributed by atoms with Crippen LogP contribution in [0.15, 0.2) is 55.9 Å². The molecule has 0 amide bonds. The van der Waals surface area contributed by atoms with Crippen molar-refractivity contribution in [2.75, 3.05) is 27.1 Å². The van der Waals surface area contributed by atoms with Crippen LogP contribution in [0.3, 0.4) is 0 Å². The fourth-order valence-corrected chi connectivity index (χ4v) is 5.89. The third kappa shape index (κ3) is 4.60. The number of benzene rings is 2. The van der Waals surface area contributed by atoms with Crippen LogP contribution in [0, 0.1) is 0 Å². The van der Waals surface area contributed by atoms with Gasteiger partial charge in [-0.3, -0.25) is 9.36 Å². The summed E-state index contributed by atoms with van der Waals surface area (Å²) in [5, 5.41) is 0. The molecule has 198 valence electrons. The Hall–Kier alpha value is -3.57. The third-order valence-corrected chi connectivity index (χ3v) is 7.77. The summed E-state index contributed by atoms with van der Waals surface area (Å²) < 4.78 is 30.2. The summed E-state index contributed by atoms with van der Waals surface area (Å²) in [7, 11) is 1.56. The van der Waals surface area contributed by atoms with Gasteiger partial charge in [-0.15, -0.1) is 0 Å². The standard InChI is InChI=1S/C27H25BrN2O7S/c1-5-34-21-12-17(28)16(10-19(21)33-4)11-22-25(31)30-24(15-7-8-18-20(9-15)37-13-36-18)23(26(32)35-6-2)14(3)29-27(30)38-22/h7-12,24H,5-6,13H2,1-4H3/b22-11+/t24-/m0/s1. The number of allylic oxidation sites excluding steroid dienone is 1. The average molecular weight is 601 g/mol. The Balaban J connectivity index is 1.70. The number of hydrogen-bond donors (Lipinski definition) is 0. The molecule has 0 saturated heterocycles. The van der Waals surface area contributed by atoms with Crippen LogP contribution < -0.4 is 33.8 Å². The zero-order chi connectivity index (χ0) is 27.0. The zero-order valence-electron chi connectivity index (χ0n) is 21.2. The van der Waals surface area contributed by atoms with Crippen LogP contribution in [0.25, 0.3) is 6.08 Å². The Morgan fingerprint density at radius 1 is 1.18 bits per heavy atom. The highest BCUT2D eigenvalue weighted by molar-refractivity contribution is 9.10. The van der Waals surface area contributed by atoms with Gasteiger partial charge < -0.3 is 23.7 Å². The molecule has 2 aliphatic rings. The van der Waals surface area contributed by atoms with Crippen LogP contribution in [0.2, 0.25) is 0 Å². The molecule has 11 heteroatoms. The number of carbonyl (C=O) groups excluding carboxylic acids is 1. The van der Waals surface area contributed by atoms with E-state index in [1.54, 1.807) is 45.2 Å². The van der Waals surface area contributed by atoms with Gasteiger partial charge in [0.1, 0.15) is 0 Å². The summed E-state index contributed by atoms with van der Waals surface area (Å²) in [6.07, 6.45) is 1.77. The van der Waals surface area contributed by atoms with E-state index in [4.69, 9.17) is 23.7 Å². The fraction of sp³-hybridized carbons (Fsp3) is 0.296. The predicted molar refractivity (Wildman–Crippen MR) is 145 cm³/mol. The molecule has 9 nitrogen and oxygen atoms in total. The van der Waals surface area contributed by atoms with Gasteiger partial charge in [-0.25, -0.2) is 9.79 Å². The Labute approximate surface area is 230 Å². The van der Waals surface area contributed by atoms with E-state index in [2.05, 4.69) is 20.9 Å². The highest BCUT2D eigenvalue weighted by atomic mass is 79.9. The number of esters is 1. The number of carbonyl (C=O) groups is 1. The second-order valence-corrected chi connectivity index (χ2v) is 10.2. The zero-order valence-corrected chi connectivity index (χ0v) is 23.6. The number of methoxy groups -OCH3 is 1. The van der Waals surface area contributed by atoms with Gasteiger partial charge in [-0.05, 0) is 62.2 Å². The molecule has 1 atom stereocenters. The van der Waals surface area contributed by atoms with Crippen molar-refractivity contribution in [3.63, 3.8) is 0 Å². The van der Waals surface area contributed by atoms with E-state index >= 15 is 0 Å². The second-order valence-electron chi connectivity index (χ2n) is 8.37. The normalized spacial score (nSPS) is 16.2. The molecule has 0 saturated carbocycles. The van der Waals surface area contributed by atoms with Crippen LogP contribution >= 0.6 is 27.3 Å². The number of nitrogens with zero attached hydrogens (tertiary/aromatic N) is 2. The van der Waals surface area contributed by atoms with E-state index in [1.807, 2.05) is 19.1 Å². The Kier molecular flexibility index (Phi) is 7.31. The van der Waals surface area contributed by atoms with Gasteiger partial charge in [0, 0.05) is 4.47 Å². The minimum absolute atomic E-state index is 0.113. The van der Waals surface area contributed by atoms with Crippen LogP contribution in [0.4, 0.5) is 0 Å². The number of aromatic nitrogens is 1. The van der Waals surface area contributed by atoms with Crippen molar-refractivity contribution in [3.05, 3.63) is 76.9 Å². The molecule has 0 bridgehead atoms. The summed E-state index contributed by atoms with van der Waals surface area (Å²) in [6.45, 7) is 6.18. The molecule has 0 N–H and O–H groups in total. The van der Waals surface area contributed by atoms with Crippen molar-refractivity contribution in [3.8, 4) is 23.0 Å². The SMILES string of the molecule is CCOC(=O)C1=C(C)N=c2s/c(=C/c3cc(OC)c(OCC)cc3Br)c(=O)n2[C@H]1c1ccc2c(c1)OCO2. The maximum absolute atomic E-state index is 13.9. The molecule has 0 radical (unpaired) electrons.